The van der Waals surface area contributed by atoms with Gasteiger partial charge in [0.25, 0.3) is 0 Å². The first-order chi connectivity index (χ1) is 23.4. The second-order valence-electron chi connectivity index (χ2n) is 12.1. The Morgan fingerprint density at radius 1 is 0.812 bits per heavy atom. The Morgan fingerprint density at radius 2 is 1.56 bits per heavy atom. The number of ether oxygens (including phenoxy) is 2. The number of aromatic nitrogens is 1. The van der Waals surface area contributed by atoms with E-state index in [0.717, 1.165) is 58.6 Å². The average Bonchev–Trinajstić information content (AvgIpc) is 3.14. The average molecular weight is 664 g/mol. The zero-order valence-corrected chi connectivity index (χ0v) is 27.8. The molecule has 0 aliphatic carbocycles. The first-order valence-corrected chi connectivity index (χ1v) is 17.7. The highest BCUT2D eigenvalue weighted by atomic mass is 32.2. The molecule has 0 amide bonds. The molecule has 2 heterocycles. The smallest absolute Gasteiger partial charge is 0.240 e. The van der Waals surface area contributed by atoms with Gasteiger partial charge in [0, 0.05) is 49.9 Å². The van der Waals surface area contributed by atoms with Crippen LogP contribution in [0.15, 0.2) is 132 Å². The molecule has 0 spiro atoms. The molecular formula is C39H41N3O5S. The number of rotatable bonds is 13. The van der Waals surface area contributed by atoms with E-state index in [2.05, 4.69) is 21.7 Å². The summed E-state index contributed by atoms with van der Waals surface area (Å²) in [5.74, 6) is 0. The Morgan fingerprint density at radius 3 is 2.29 bits per heavy atom. The van der Waals surface area contributed by atoms with E-state index in [0.29, 0.717) is 6.42 Å². The predicted octanol–water partition coefficient (Wildman–Crippen LogP) is 6.44. The van der Waals surface area contributed by atoms with Gasteiger partial charge in [-0.3, -0.25) is 4.98 Å². The summed E-state index contributed by atoms with van der Waals surface area (Å²) >= 11 is 0. The van der Waals surface area contributed by atoms with Crippen molar-refractivity contribution < 1.29 is 23.0 Å². The topological polar surface area (TPSA) is 101 Å². The molecule has 248 valence electrons. The van der Waals surface area contributed by atoms with Gasteiger partial charge in [-0.05, 0) is 65.2 Å². The summed E-state index contributed by atoms with van der Waals surface area (Å²) in [5, 5.41) is 9.54. The zero-order chi connectivity index (χ0) is 33.3. The third-order valence-electron chi connectivity index (χ3n) is 8.57. The lowest BCUT2D eigenvalue weighted by atomic mass is 9.99. The Balaban J connectivity index is 1.15. The lowest BCUT2D eigenvalue weighted by Gasteiger charge is -2.38. The second-order valence-corrected chi connectivity index (χ2v) is 13.9. The van der Waals surface area contributed by atoms with Crippen molar-refractivity contribution in [3.63, 3.8) is 0 Å². The predicted molar refractivity (Wildman–Crippen MR) is 186 cm³/mol. The Bertz CT molecular complexity index is 1850. The van der Waals surface area contributed by atoms with E-state index in [9.17, 15) is 13.5 Å². The number of likely N-dealkylation sites (N-methyl/N-ethyl adjacent to an activating group) is 1. The molecule has 1 aliphatic rings. The quantitative estimate of drug-likeness (QED) is 0.150. The van der Waals surface area contributed by atoms with Crippen LogP contribution in [0.5, 0.6) is 0 Å². The molecule has 5 aromatic rings. The van der Waals surface area contributed by atoms with Gasteiger partial charge in [-0.15, -0.1) is 0 Å². The van der Waals surface area contributed by atoms with Crippen LogP contribution in [0.2, 0.25) is 0 Å². The van der Waals surface area contributed by atoms with Crippen molar-refractivity contribution in [3.8, 4) is 11.1 Å². The van der Waals surface area contributed by atoms with Gasteiger partial charge in [-0.25, -0.2) is 13.1 Å². The van der Waals surface area contributed by atoms with E-state index < -0.39 is 16.3 Å². The number of hydrogen-bond donors (Lipinski definition) is 2. The summed E-state index contributed by atoms with van der Waals surface area (Å²) in [6, 6.07) is 38.3. The van der Waals surface area contributed by atoms with E-state index in [-0.39, 0.29) is 30.3 Å². The first kappa shape index (κ1) is 33.7. The van der Waals surface area contributed by atoms with Gasteiger partial charge in [0.1, 0.15) is 0 Å². The van der Waals surface area contributed by atoms with Crippen molar-refractivity contribution in [2.75, 3.05) is 20.1 Å². The maximum Gasteiger partial charge on any atom is 0.240 e. The second kappa shape index (κ2) is 15.8. The third kappa shape index (κ3) is 8.82. The molecule has 0 unspecified atom stereocenters. The Labute approximate surface area is 283 Å². The molecule has 0 radical (unpaired) electrons. The van der Waals surface area contributed by atoms with Crippen LogP contribution >= 0.6 is 0 Å². The van der Waals surface area contributed by atoms with Gasteiger partial charge >= 0.3 is 0 Å². The maximum absolute atomic E-state index is 12.7. The Hall–Kier alpha value is -4.22. The maximum atomic E-state index is 12.7. The number of nitrogens with zero attached hydrogens (tertiary/aromatic N) is 2. The number of aliphatic hydroxyl groups excluding tert-OH is 1. The highest BCUT2D eigenvalue weighted by Gasteiger charge is 2.32. The zero-order valence-electron chi connectivity index (χ0n) is 27.0. The standard InChI is InChI=1S/C39H41N3O5S/c1-42(23-21-35-10-5-6-22-40-35)27-36-25-38(32-15-13-29(28-43)14-16-32)47-39(46-36)33-19-17-31(18-20-33)34-9-7-8-30(24-34)26-41-48(44,45)37-11-3-2-4-12-37/h2-20,22,24,36,38-39,41,43H,21,23,25-28H2,1H3/t36-,38+,39+/m0/s1. The highest BCUT2D eigenvalue weighted by molar-refractivity contribution is 7.89. The first-order valence-electron chi connectivity index (χ1n) is 16.2. The number of benzene rings is 4. The summed E-state index contributed by atoms with van der Waals surface area (Å²) in [6.07, 6.45) is 2.62. The fourth-order valence-electron chi connectivity index (χ4n) is 5.88. The minimum absolute atomic E-state index is 0.000211. The summed E-state index contributed by atoms with van der Waals surface area (Å²) in [7, 11) is -1.50. The molecule has 0 saturated carbocycles. The van der Waals surface area contributed by atoms with Crippen LogP contribution in [0, 0.1) is 0 Å². The van der Waals surface area contributed by atoms with Crippen molar-refractivity contribution >= 4 is 10.0 Å². The fraction of sp³-hybridized carbons (Fsp3) is 0.256. The molecule has 9 heteroatoms. The summed E-state index contributed by atoms with van der Waals surface area (Å²) in [5.41, 5.74) is 6.75. The van der Waals surface area contributed by atoms with Crippen molar-refractivity contribution in [1.82, 2.24) is 14.6 Å². The minimum atomic E-state index is -3.61. The largest absolute Gasteiger partial charge is 0.392 e. The number of aliphatic hydroxyl groups is 1. The SMILES string of the molecule is CN(CCc1ccccn1)C[C@@H]1C[C@H](c2ccc(CO)cc2)O[C@H](c2ccc(-c3cccc(CNS(=O)(=O)c4ccccc4)c3)cc2)O1. The van der Waals surface area contributed by atoms with Crippen LogP contribution in [0.25, 0.3) is 11.1 Å². The number of hydrogen-bond acceptors (Lipinski definition) is 7. The van der Waals surface area contributed by atoms with Crippen LogP contribution in [-0.2, 0) is 39.1 Å². The Kier molecular flexibility index (Phi) is 11.1. The van der Waals surface area contributed by atoms with Gasteiger partial charge in [-0.1, -0.05) is 91.0 Å². The molecule has 1 aromatic heterocycles. The van der Waals surface area contributed by atoms with Gasteiger partial charge in [-0.2, -0.15) is 0 Å². The van der Waals surface area contributed by atoms with Crippen molar-refractivity contribution in [2.24, 2.45) is 0 Å². The van der Waals surface area contributed by atoms with E-state index in [1.807, 2.05) is 97.2 Å². The highest BCUT2D eigenvalue weighted by Crippen LogP contribution is 2.38. The van der Waals surface area contributed by atoms with Gasteiger partial charge < -0.3 is 19.5 Å². The van der Waals surface area contributed by atoms with E-state index >= 15 is 0 Å². The van der Waals surface area contributed by atoms with Gasteiger partial charge in [0.05, 0.1) is 23.7 Å². The molecule has 1 fully saturated rings. The molecule has 1 saturated heterocycles. The summed E-state index contributed by atoms with van der Waals surface area (Å²) < 4.78 is 41.3. The summed E-state index contributed by atoms with van der Waals surface area (Å²) in [4.78, 5) is 6.98. The molecule has 8 nitrogen and oxygen atoms in total. The molecule has 3 atom stereocenters. The lowest BCUT2D eigenvalue weighted by Crippen LogP contribution is -2.38. The van der Waals surface area contributed by atoms with Crippen molar-refractivity contribution in [3.05, 3.63) is 155 Å². The molecule has 1 aliphatic heterocycles. The van der Waals surface area contributed by atoms with Crippen molar-refractivity contribution in [1.29, 1.82) is 0 Å². The van der Waals surface area contributed by atoms with E-state index in [1.165, 1.54) is 0 Å². The normalized spacial score (nSPS) is 18.2. The minimum Gasteiger partial charge on any atom is -0.392 e. The third-order valence-corrected chi connectivity index (χ3v) is 9.99. The fourth-order valence-corrected chi connectivity index (χ4v) is 6.92. The molecule has 6 rings (SSSR count). The summed E-state index contributed by atoms with van der Waals surface area (Å²) in [6.45, 7) is 1.79. The molecule has 4 aromatic carbocycles. The van der Waals surface area contributed by atoms with Crippen LogP contribution < -0.4 is 4.72 Å². The molecule has 2 N–H and O–H groups in total. The van der Waals surface area contributed by atoms with Crippen LogP contribution in [-0.4, -0.2) is 49.6 Å². The van der Waals surface area contributed by atoms with E-state index in [4.69, 9.17) is 9.47 Å². The monoisotopic (exact) mass is 663 g/mol. The number of pyridine rings is 1. The lowest BCUT2D eigenvalue weighted by molar-refractivity contribution is -0.252. The van der Waals surface area contributed by atoms with Crippen molar-refractivity contribution in [2.45, 2.75) is 49.4 Å². The van der Waals surface area contributed by atoms with E-state index in [1.54, 1.807) is 30.3 Å². The molecule has 48 heavy (non-hydrogen) atoms. The van der Waals surface area contributed by atoms with Crippen LogP contribution in [0.1, 0.15) is 46.8 Å². The van der Waals surface area contributed by atoms with Gasteiger partial charge in [0.2, 0.25) is 10.0 Å². The molecular weight excluding hydrogens is 623 g/mol. The van der Waals surface area contributed by atoms with Crippen LogP contribution in [0.3, 0.4) is 0 Å². The van der Waals surface area contributed by atoms with Crippen LogP contribution in [0.4, 0.5) is 0 Å². The number of sulfonamides is 1. The molecule has 0 bridgehead atoms. The van der Waals surface area contributed by atoms with Gasteiger partial charge in [0.15, 0.2) is 6.29 Å². The number of nitrogens with one attached hydrogen (secondary N) is 1.